The van der Waals surface area contributed by atoms with Gasteiger partial charge in [0.05, 0.1) is 6.21 Å². The molecule has 0 radical (unpaired) electrons. The Hall–Kier alpha value is 0.110. The highest BCUT2D eigenvalue weighted by atomic mass is 32.5. The summed E-state index contributed by atoms with van der Waals surface area (Å²) < 4.78 is 3.10. The minimum Gasteiger partial charge on any atom is -0.279 e. The monoisotopic (exact) mass is 316 g/mol. The van der Waals surface area contributed by atoms with Gasteiger partial charge in [0.25, 0.3) is 0 Å². The van der Waals surface area contributed by atoms with Crippen LogP contribution >= 0.6 is 13.0 Å². The van der Waals surface area contributed by atoms with E-state index in [2.05, 4.69) is 10.6 Å². The Morgan fingerprint density at radius 1 is 1.24 bits per heavy atom. The van der Waals surface area contributed by atoms with E-state index in [1.807, 2.05) is 0 Å². The Morgan fingerprint density at radius 2 is 1.71 bits per heavy atom. The Labute approximate surface area is 111 Å². The molecule has 0 atom stereocenters. The molecule has 8 nitrogen and oxygen atoms in total. The van der Waals surface area contributed by atoms with E-state index in [-0.39, 0.29) is 0 Å². The second-order valence-electron chi connectivity index (χ2n) is 3.26. The molecule has 17 heavy (non-hydrogen) atoms. The van der Waals surface area contributed by atoms with Crippen molar-refractivity contribution in [2.24, 2.45) is 27.1 Å². The van der Waals surface area contributed by atoms with Crippen LogP contribution < -0.4 is 27.6 Å². The molecule has 1 aliphatic heterocycles. The Morgan fingerprint density at radius 3 is 1.88 bits per heavy atom. The maximum Gasteiger partial charge on any atom is 0.178 e. The van der Waals surface area contributed by atoms with E-state index in [1.165, 1.54) is 4.78 Å². The van der Waals surface area contributed by atoms with Gasteiger partial charge < -0.3 is 0 Å². The SMILES string of the molecule is CN(C)P(N)(N)=S.NP(N)(=S)N1C=CC=NN1. The number of rotatable bonds is 2. The summed E-state index contributed by atoms with van der Waals surface area (Å²) in [6.07, 6.45) is 4.95. The van der Waals surface area contributed by atoms with Crippen molar-refractivity contribution in [2.75, 3.05) is 14.1 Å². The Balaban J connectivity index is 0.000000325. The van der Waals surface area contributed by atoms with Crippen LogP contribution in [0.15, 0.2) is 17.4 Å². The fraction of sp³-hybridized carbons (Fsp3) is 0.400. The van der Waals surface area contributed by atoms with Crippen LogP contribution in [0.1, 0.15) is 0 Å². The quantitative estimate of drug-likeness (QED) is 0.412. The summed E-state index contributed by atoms with van der Waals surface area (Å²) in [4.78, 5) is 0. The third-order valence-corrected chi connectivity index (χ3v) is 5.16. The van der Waals surface area contributed by atoms with Gasteiger partial charge in [-0.2, -0.15) is 5.10 Å². The van der Waals surface area contributed by atoms with Gasteiger partial charge in [0.1, 0.15) is 6.49 Å². The van der Waals surface area contributed by atoms with Crippen molar-refractivity contribution >= 4 is 42.8 Å². The number of allylic oxidation sites excluding steroid dienone is 1. The second kappa shape index (κ2) is 6.89. The lowest BCUT2D eigenvalue weighted by Gasteiger charge is -2.26. The molecule has 0 aromatic carbocycles. The summed E-state index contributed by atoms with van der Waals surface area (Å²) in [6, 6.07) is 0. The van der Waals surface area contributed by atoms with Gasteiger partial charge in [-0.15, -0.1) is 0 Å². The van der Waals surface area contributed by atoms with Crippen molar-refractivity contribution < 1.29 is 0 Å². The highest BCUT2D eigenvalue weighted by Crippen LogP contribution is 2.30. The summed E-state index contributed by atoms with van der Waals surface area (Å²) in [5, 5.41) is 3.69. The molecular weight excluding hydrogens is 298 g/mol. The molecule has 12 heteroatoms. The fourth-order valence-corrected chi connectivity index (χ4v) is 1.21. The Kier molecular flexibility index (Phi) is 6.93. The summed E-state index contributed by atoms with van der Waals surface area (Å²) in [5.74, 6) is 0. The molecule has 0 bridgehead atoms. The third-order valence-electron chi connectivity index (χ3n) is 1.51. The van der Waals surface area contributed by atoms with Crippen molar-refractivity contribution in [1.29, 1.82) is 0 Å². The van der Waals surface area contributed by atoms with Gasteiger partial charge in [0.2, 0.25) is 0 Å². The summed E-state index contributed by atoms with van der Waals surface area (Å²) >= 11 is 9.51. The molecule has 0 saturated carbocycles. The van der Waals surface area contributed by atoms with Crippen molar-refractivity contribution in [2.45, 2.75) is 0 Å². The maximum atomic E-state index is 5.45. The highest BCUT2D eigenvalue weighted by Gasteiger charge is 2.11. The van der Waals surface area contributed by atoms with E-state index in [0.717, 1.165) is 0 Å². The number of nitrogens with one attached hydrogen (secondary N) is 1. The van der Waals surface area contributed by atoms with Crippen LogP contribution in [0.2, 0.25) is 0 Å². The topological polar surface area (TPSA) is 135 Å². The van der Waals surface area contributed by atoms with E-state index in [4.69, 9.17) is 45.6 Å². The molecule has 0 saturated heterocycles. The summed E-state index contributed by atoms with van der Waals surface area (Å²) in [6.45, 7) is -4.46. The smallest absolute Gasteiger partial charge is 0.178 e. The maximum absolute atomic E-state index is 5.45. The van der Waals surface area contributed by atoms with Crippen molar-refractivity contribution in [1.82, 2.24) is 15.0 Å². The summed E-state index contributed by atoms with van der Waals surface area (Å²) in [7, 11) is 3.56. The summed E-state index contributed by atoms with van der Waals surface area (Å²) in [5.41, 5.74) is 24.1. The zero-order chi connectivity index (χ0) is 13.7. The lowest BCUT2D eigenvalue weighted by molar-refractivity contribution is 0.450. The van der Waals surface area contributed by atoms with Gasteiger partial charge in [-0.1, -0.05) is 0 Å². The van der Waals surface area contributed by atoms with Gasteiger partial charge >= 0.3 is 0 Å². The van der Waals surface area contributed by atoms with Gasteiger partial charge in [-0.05, 0) is 43.8 Å². The molecule has 0 amide bonds. The number of nitrogens with zero attached hydrogens (tertiary/aromatic N) is 3. The van der Waals surface area contributed by atoms with E-state index in [1.54, 1.807) is 37.3 Å². The Bertz CT molecular complexity index is 381. The zero-order valence-corrected chi connectivity index (χ0v) is 13.0. The van der Waals surface area contributed by atoms with E-state index in [0.29, 0.717) is 0 Å². The first kappa shape index (κ1) is 17.1. The van der Waals surface area contributed by atoms with Gasteiger partial charge in [0.15, 0.2) is 6.49 Å². The van der Waals surface area contributed by atoms with Crippen LogP contribution in [0.3, 0.4) is 0 Å². The van der Waals surface area contributed by atoms with Crippen LogP contribution in [-0.2, 0) is 23.6 Å². The van der Waals surface area contributed by atoms with Crippen molar-refractivity contribution in [3.8, 4) is 0 Å². The van der Waals surface area contributed by atoms with Gasteiger partial charge in [0, 0.05) is 6.20 Å². The zero-order valence-electron chi connectivity index (χ0n) is 9.59. The largest absolute Gasteiger partial charge is 0.279 e. The lowest BCUT2D eigenvalue weighted by Crippen LogP contribution is -2.34. The molecule has 0 aromatic rings. The molecule has 0 spiro atoms. The van der Waals surface area contributed by atoms with E-state index >= 15 is 0 Å². The molecule has 0 unspecified atom stereocenters. The standard InChI is InChI=1S/C3H8N5PS.C2H10N3PS/c4-9(5,10)8-3-1-2-6-7-8;1-5(2)6(3,4)7/h1-3,7H,(H4,4,5,10);1-2H3,(H4,3,4,7). The molecule has 0 aliphatic carbocycles. The molecule has 0 fully saturated rings. The van der Waals surface area contributed by atoms with Crippen molar-refractivity contribution in [3.05, 3.63) is 12.3 Å². The molecule has 1 heterocycles. The molecular formula is C5H18N8P2S2. The molecule has 1 rings (SSSR count). The number of hydrazone groups is 1. The fourth-order valence-electron chi connectivity index (χ4n) is 0.463. The van der Waals surface area contributed by atoms with Gasteiger partial charge in [-0.3, -0.25) is 26.7 Å². The molecule has 0 aromatic heterocycles. The van der Waals surface area contributed by atoms with Crippen molar-refractivity contribution in [3.63, 3.8) is 0 Å². The predicted octanol–water partition coefficient (Wildman–Crippen LogP) is -0.862. The first-order chi connectivity index (χ1) is 7.55. The minimum atomic E-state index is -2.39. The average molecular weight is 316 g/mol. The van der Waals surface area contributed by atoms with E-state index < -0.39 is 13.0 Å². The van der Waals surface area contributed by atoms with Crippen LogP contribution in [0.5, 0.6) is 0 Å². The number of hydrogen-bond acceptors (Lipinski definition) is 4. The lowest BCUT2D eigenvalue weighted by atomic mass is 10.7. The number of hydrazine groups is 1. The molecule has 9 N–H and O–H groups in total. The first-order valence-electron chi connectivity index (χ1n) is 4.32. The first-order valence-corrected chi connectivity index (χ1v) is 10.1. The normalized spacial score (nSPS) is 15.4. The van der Waals surface area contributed by atoms with E-state index in [9.17, 15) is 0 Å². The van der Waals surface area contributed by atoms with Gasteiger partial charge in [-0.25, -0.2) is 10.3 Å². The number of nitrogens with two attached hydrogens (primary N) is 4. The average Bonchev–Trinajstić information content (AvgIpc) is 2.17. The third kappa shape index (κ3) is 7.93. The highest BCUT2D eigenvalue weighted by molar-refractivity contribution is 8.11. The van der Waals surface area contributed by atoms with Crippen LogP contribution in [0.4, 0.5) is 0 Å². The number of hydrogen-bond donors (Lipinski definition) is 5. The molecule has 1 aliphatic rings. The minimum absolute atomic E-state index is 1.43. The van der Waals surface area contributed by atoms with Crippen LogP contribution in [-0.4, -0.2) is 29.8 Å². The molecule has 100 valence electrons. The van der Waals surface area contributed by atoms with Crippen LogP contribution in [0.25, 0.3) is 0 Å². The second-order valence-corrected chi connectivity index (χ2v) is 10.7. The predicted molar refractivity (Wildman–Crippen MR) is 81.6 cm³/mol. The van der Waals surface area contributed by atoms with Crippen LogP contribution in [0, 0.1) is 0 Å².